The van der Waals surface area contributed by atoms with Crippen molar-refractivity contribution in [3.05, 3.63) is 54.1 Å². The number of carbonyl (C=O) groups excluding carboxylic acids is 2. The number of piperazine rings is 1. The second kappa shape index (κ2) is 13.5. The monoisotopic (exact) mass is 601 g/mol. The van der Waals surface area contributed by atoms with Gasteiger partial charge in [-0.2, -0.15) is 15.0 Å². The van der Waals surface area contributed by atoms with Gasteiger partial charge in [-0.3, -0.25) is 4.79 Å². The van der Waals surface area contributed by atoms with Crippen LogP contribution in [0.3, 0.4) is 0 Å². The molecule has 3 fully saturated rings. The molecule has 3 amide bonds. The largest absolute Gasteiger partial charge is 0.378 e. The minimum absolute atomic E-state index is 0.00773. The van der Waals surface area contributed by atoms with Gasteiger partial charge in [-0.15, -0.1) is 0 Å². The zero-order valence-corrected chi connectivity index (χ0v) is 25.2. The molecule has 0 saturated carbocycles. The van der Waals surface area contributed by atoms with E-state index in [4.69, 9.17) is 24.4 Å². The Balaban J connectivity index is 1.09. The normalized spacial score (nSPS) is 19.5. The van der Waals surface area contributed by atoms with Crippen molar-refractivity contribution in [3.63, 3.8) is 0 Å². The standard InChI is InChI=1S/C31H39N9O4/c1-22-21-40(12-11-37(22)2)28(41)24-5-9-26(10-6-24)33-31(42)32-25-7-3-23(4-8-25)27-34-29(38-13-17-43-18-14-38)36-30(35-27)39-15-19-44-20-16-39/h3-10,22H,11-21H2,1-2H3,(H2,32,33,42)/t22-/m0/s1. The average molecular weight is 602 g/mol. The maximum absolute atomic E-state index is 12.9. The van der Waals surface area contributed by atoms with Gasteiger partial charge in [-0.1, -0.05) is 0 Å². The van der Waals surface area contributed by atoms with Crippen LogP contribution in [0, 0.1) is 0 Å². The number of nitrogens with zero attached hydrogens (tertiary/aromatic N) is 7. The van der Waals surface area contributed by atoms with Gasteiger partial charge < -0.3 is 39.7 Å². The van der Waals surface area contributed by atoms with Gasteiger partial charge in [0.15, 0.2) is 5.82 Å². The molecule has 3 saturated heterocycles. The summed E-state index contributed by atoms with van der Waals surface area (Å²) in [5.74, 6) is 1.84. The second-order valence-corrected chi connectivity index (χ2v) is 11.3. The van der Waals surface area contributed by atoms with Gasteiger partial charge in [-0.05, 0) is 62.5 Å². The zero-order chi connectivity index (χ0) is 30.5. The fourth-order valence-corrected chi connectivity index (χ4v) is 5.40. The topological polar surface area (TPSA) is 128 Å². The fourth-order valence-electron chi connectivity index (χ4n) is 5.40. The maximum atomic E-state index is 12.9. The first-order chi connectivity index (χ1) is 21.4. The number of morpholine rings is 2. The van der Waals surface area contributed by atoms with Gasteiger partial charge in [0.25, 0.3) is 5.91 Å². The Morgan fingerprint density at radius 2 is 1.25 bits per heavy atom. The predicted octanol–water partition coefficient (Wildman–Crippen LogP) is 2.63. The van der Waals surface area contributed by atoms with Crippen LogP contribution in [0.25, 0.3) is 11.4 Å². The van der Waals surface area contributed by atoms with Crippen LogP contribution in [0.15, 0.2) is 48.5 Å². The Labute approximate surface area is 257 Å². The SMILES string of the molecule is C[C@H]1CN(C(=O)c2ccc(NC(=O)Nc3ccc(-c4nc(N5CCOCC5)nc(N5CCOCC5)n4)cc3)cc2)CCN1C. The molecule has 2 N–H and O–H groups in total. The number of hydrogen-bond donors (Lipinski definition) is 2. The summed E-state index contributed by atoms with van der Waals surface area (Å²) in [6.07, 6.45) is 0. The molecule has 4 heterocycles. The number of aromatic nitrogens is 3. The minimum Gasteiger partial charge on any atom is -0.378 e. The summed E-state index contributed by atoms with van der Waals surface area (Å²) in [5, 5.41) is 5.70. The Morgan fingerprint density at radius 3 is 1.77 bits per heavy atom. The lowest BCUT2D eigenvalue weighted by Gasteiger charge is -2.37. The molecular weight excluding hydrogens is 562 g/mol. The molecule has 1 atom stereocenters. The number of hydrogen-bond acceptors (Lipinski definition) is 10. The number of urea groups is 1. The number of anilines is 4. The molecule has 3 aliphatic rings. The minimum atomic E-state index is -0.380. The summed E-state index contributed by atoms with van der Waals surface area (Å²) in [5.41, 5.74) is 2.64. The van der Waals surface area contributed by atoms with Crippen LogP contribution in [0.2, 0.25) is 0 Å². The number of nitrogens with one attached hydrogen (secondary N) is 2. The highest BCUT2D eigenvalue weighted by Gasteiger charge is 2.25. The van der Waals surface area contributed by atoms with Gasteiger partial charge in [0.05, 0.1) is 26.4 Å². The highest BCUT2D eigenvalue weighted by Crippen LogP contribution is 2.24. The summed E-state index contributed by atoms with van der Waals surface area (Å²) >= 11 is 0. The molecule has 44 heavy (non-hydrogen) atoms. The van der Waals surface area contributed by atoms with Crippen molar-refractivity contribution in [3.8, 4) is 11.4 Å². The lowest BCUT2D eigenvalue weighted by Crippen LogP contribution is -2.52. The van der Waals surface area contributed by atoms with Crippen molar-refractivity contribution in [2.45, 2.75) is 13.0 Å². The van der Waals surface area contributed by atoms with Crippen molar-refractivity contribution >= 4 is 35.2 Å². The van der Waals surface area contributed by atoms with Gasteiger partial charge in [0.2, 0.25) is 11.9 Å². The number of likely N-dealkylation sites (N-methyl/N-ethyl adjacent to an activating group) is 1. The van der Waals surface area contributed by atoms with Crippen molar-refractivity contribution in [2.75, 3.05) is 99.7 Å². The second-order valence-electron chi connectivity index (χ2n) is 11.3. The number of ether oxygens (including phenoxy) is 2. The van der Waals surface area contributed by atoms with Crippen molar-refractivity contribution in [2.24, 2.45) is 0 Å². The molecule has 3 aromatic rings. The van der Waals surface area contributed by atoms with Crippen LogP contribution in [0.5, 0.6) is 0 Å². The van der Waals surface area contributed by atoms with Crippen LogP contribution < -0.4 is 20.4 Å². The van der Waals surface area contributed by atoms with Crippen LogP contribution in [-0.4, -0.2) is 122 Å². The number of carbonyl (C=O) groups is 2. The molecule has 3 aliphatic heterocycles. The lowest BCUT2D eigenvalue weighted by molar-refractivity contribution is 0.0572. The van der Waals surface area contributed by atoms with Crippen LogP contribution in [0.1, 0.15) is 17.3 Å². The third kappa shape index (κ3) is 7.07. The molecule has 232 valence electrons. The lowest BCUT2D eigenvalue weighted by atomic mass is 10.1. The first-order valence-electron chi connectivity index (χ1n) is 15.1. The number of amides is 3. The first kappa shape index (κ1) is 29.7. The van der Waals surface area contributed by atoms with Gasteiger partial charge in [-0.25, -0.2) is 4.79 Å². The maximum Gasteiger partial charge on any atom is 0.323 e. The summed E-state index contributed by atoms with van der Waals surface area (Å²) in [6, 6.07) is 14.3. The van der Waals surface area contributed by atoms with E-state index in [0.717, 1.165) is 38.3 Å². The van der Waals surface area contributed by atoms with E-state index in [-0.39, 0.29) is 11.9 Å². The Morgan fingerprint density at radius 1 is 0.727 bits per heavy atom. The zero-order valence-electron chi connectivity index (χ0n) is 25.2. The molecule has 13 heteroatoms. The van der Waals surface area contributed by atoms with Crippen LogP contribution >= 0.6 is 0 Å². The molecule has 2 aromatic carbocycles. The predicted molar refractivity (Wildman–Crippen MR) is 168 cm³/mol. The Kier molecular flexibility index (Phi) is 9.15. The van der Waals surface area contributed by atoms with Crippen LogP contribution in [0.4, 0.5) is 28.1 Å². The van der Waals surface area contributed by atoms with Gasteiger partial charge in [0.1, 0.15) is 0 Å². The van der Waals surface area contributed by atoms with Crippen molar-refractivity contribution in [1.82, 2.24) is 24.8 Å². The average Bonchev–Trinajstić information content (AvgIpc) is 3.07. The van der Waals surface area contributed by atoms with E-state index in [1.165, 1.54) is 0 Å². The third-order valence-corrected chi connectivity index (χ3v) is 8.24. The Hall–Kier alpha value is -4.33. The quantitative estimate of drug-likeness (QED) is 0.435. The van der Waals surface area contributed by atoms with E-state index >= 15 is 0 Å². The van der Waals surface area contributed by atoms with E-state index < -0.39 is 0 Å². The molecule has 0 radical (unpaired) electrons. The molecular formula is C31H39N9O4. The molecule has 0 bridgehead atoms. The van der Waals surface area contributed by atoms with E-state index in [2.05, 4.69) is 39.3 Å². The van der Waals surface area contributed by atoms with E-state index in [9.17, 15) is 9.59 Å². The van der Waals surface area contributed by atoms with Crippen molar-refractivity contribution < 1.29 is 19.1 Å². The highest BCUT2D eigenvalue weighted by molar-refractivity contribution is 6.00. The molecule has 13 nitrogen and oxygen atoms in total. The van der Waals surface area contributed by atoms with Crippen molar-refractivity contribution in [1.29, 1.82) is 0 Å². The smallest absolute Gasteiger partial charge is 0.323 e. The highest BCUT2D eigenvalue weighted by atomic mass is 16.5. The molecule has 6 rings (SSSR count). The van der Waals surface area contributed by atoms with E-state index in [1.807, 2.05) is 29.2 Å². The fraction of sp³-hybridized carbons (Fsp3) is 0.452. The Bertz CT molecular complexity index is 1410. The van der Waals surface area contributed by atoms with Gasteiger partial charge in [0, 0.05) is 74.4 Å². The summed E-state index contributed by atoms with van der Waals surface area (Å²) < 4.78 is 11.0. The summed E-state index contributed by atoms with van der Waals surface area (Å²) in [6.45, 7) is 9.80. The number of rotatable bonds is 6. The van der Waals surface area contributed by atoms with Crippen LogP contribution in [-0.2, 0) is 9.47 Å². The molecule has 1 aromatic heterocycles. The molecule has 0 spiro atoms. The number of benzene rings is 2. The van der Waals surface area contributed by atoms with Gasteiger partial charge >= 0.3 is 6.03 Å². The molecule has 0 aliphatic carbocycles. The summed E-state index contributed by atoms with van der Waals surface area (Å²) in [7, 11) is 2.08. The van der Waals surface area contributed by atoms with E-state index in [1.54, 1.807) is 24.3 Å². The molecule has 0 unspecified atom stereocenters. The first-order valence-corrected chi connectivity index (χ1v) is 15.1. The third-order valence-electron chi connectivity index (χ3n) is 8.24. The van der Waals surface area contributed by atoms with E-state index in [0.29, 0.717) is 80.2 Å². The summed E-state index contributed by atoms with van der Waals surface area (Å²) in [4.78, 5) is 48.4.